The molecule has 1 aliphatic heterocycles. The largest absolute Gasteiger partial charge is 0.391 e. The molecule has 27 heavy (non-hydrogen) atoms. The van der Waals surface area contributed by atoms with E-state index in [1.54, 1.807) is 0 Å². The quantitative estimate of drug-likeness (QED) is 0.749. The Labute approximate surface area is 159 Å². The molecular formula is C21H25N5O. The van der Waals surface area contributed by atoms with E-state index in [2.05, 4.69) is 32.0 Å². The van der Waals surface area contributed by atoms with Crippen LogP contribution in [0, 0.1) is 5.92 Å². The van der Waals surface area contributed by atoms with Crippen LogP contribution >= 0.6 is 0 Å². The van der Waals surface area contributed by atoms with Crippen molar-refractivity contribution < 1.29 is 5.11 Å². The molecule has 1 N–H and O–H groups in total. The van der Waals surface area contributed by atoms with Crippen LogP contribution in [0.2, 0.25) is 0 Å². The maximum atomic E-state index is 10.6. The van der Waals surface area contributed by atoms with Crippen LogP contribution in [0.25, 0.3) is 10.9 Å². The molecule has 6 nitrogen and oxygen atoms in total. The minimum Gasteiger partial charge on any atom is -0.391 e. The molecule has 0 aliphatic carbocycles. The number of aromatic nitrogens is 3. The SMILES string of the molecule is CN(C)c1ncc(CN2CC(O)C(Cc3ccnc4ccccc34)C2)cn1. The first-order valence-electron chi connectivity index (χ1n) is 9.31. The van der Waals surface area contributed by atoms with Crippen LogP contribution in [0.4, 0.5) is 5.95 Å². The molecule has 1 saturated heterocycles. The highest BCUT2D eigenvalue weighted by Crippen LogP contribution is 2.26. The number of hydrogen-bond acceptors (Lipinski definition) is 6. The molecule has 0 spiro atoms. The third-order valence-corrected chi connectivity index (χ3v) is 5.20. The molecule has 0 saturated carbocycles. The second kappa shape index (κ2) is 7.58. The van der Waals surface area contributed by atoms with Gasteiger partial charge in [-0.2, -0.15) is 0 Å². The van der Waals surface area contributed by atoms with Gasteiger partial charge in [-0.25, -0.2) is 9.97 Å². The molecule has 6 heteroatoms. The van der Waals surface area contributed by atoms with Gasteiger partial charge in [-0.1, -0.05) is 18.2 Å². The fourth-order valence-electron chi connectivity index (χ4n) is 3.81. The first-order chi connectivity index (χ1) is 13.1. The molecule has 140 valence electrons. The highest BCUT2D eigenvalue weighted by Gasteiger charge is 2.31. The summed E-state index contributed by atoms with van der Waals surface area (Å²) in [4.78, 5) is 17.4. The second-order valence-corrected chi connectivity index (χ2v) is 7.50. The van der Waals surface area contributed by atoms with E-state index in [1.807, 2.05) is 55.8 Å². The van der Waals surface area contributed by atoms with Crippen molar-refractivity contribution in [1.29, 1.82) is 0 Å². The molecule has 0 bridgehead atoms. The van der Waals surface area contributed by atoms with Crippen LogP contribution in [0.1, 0.15) is 11.1 Å². The van der Waals surface area contributed by atoms with E-state index < -0.39 is 0 Å². The highest BCUT2D eigenvalue weighted by atomic mass is 16.3. The Hall–Kier alpha value is -2.57. The van der Waals surface area contributed by atoms with Crippen LogP contribution in [0.3, 0.4) is 0 Å². The van der Waals surface area contributed by atoms with Crippen LogP contribution < -0.4 is 4.90 Å². The van der Waals surface area contributed by atoms with Gasteiger partial charge in [0.05, 0.1) is 11.6 Å². The number of anilines is 1. The van der Waals surface area contributed by atoms with Gasteiger partial charge in [0.1, 0.15) is 0 Å². The van der Waals surface area contributed by atoms with Crippen LogP contribution in [-0.2, 0) is 13.0 Å². The van der Waals surface area contributed by atoms with E-state index in [0.717, 1.165) is 30.6 Å². The van der Waals surface area contributed by atoms with E-state index in [-0.39, 0.29) is 12.0 Å². The van der Waals surface area contributed by atoms with Crippen molar-refractivity contribution in [3.8, 4) is 0 Å². The lowest BCUT2D eigenvalue weighted by molar-refractivity contribution is 0.141. The van der Waals surface area contributed by atoms with Crippen molar-refractivity contribution in [2.75, 3.05) is 32.1 Å². The van der Waals surface area contributed by atoms with E-state index in [4.69, 9.17) is 0 Å². The number of fused-ring (bicyclic) bond motifs is 1. The lowest BCUT2D eigenvalue weighted by Gasteiger charge is -2.16. The number of pyridine rings is 1. The Morgan fingerprint density at radius 1 is 1.07 bits per heavy atom. The summed E-state index contributed by atoms with van der Waals surface area (Å²) in [6.07, 6.45) is 6.15. The summed E-state index contributed by atoms with van der Waals surface area (Å²) in [7, 11) is 3.86. The van der Waals surface area contributed by atoms with Crippen molar-refractivity contribution in [2.24, 2.45) is 5.92 Å². The molecule has 2 atom stereocenters. The van der Waals surface area contributed by atoms with Gasteiger partial charge >= 0.3 is 0 Å². The summed E-state index contributed by atoms with van der Waals surface area (Å²) >= 11 is 0. The normalized spacial score (nSPS) is 20.3. The van der Waals surface area contributed by atoms with Gasteiger partial charge < -0.3 is 10.0 Å². The van der Waals surface area contributed by atoms with Gasteiger partial charge in [0.25, 0.3) is 0 Å². The van der Waals surface area contributed by atoms with Crippen LogP contribution in [0.15, 0.2) is 48.9 Å². The number of likely N-dealkylation sites (tertiary alicyclic amines) is 1. The lowest BCUT2D eigenvalue weighted by Crippen LogP contribution is -2.22. The van der Waals surface area contributed by atoms with Crippen molar-refractivity contribution in [3.05, 3.63) is 60.0 Å². The van der Waals surface area contributed by atoms with Gasteiger partial charge in [0, 0.05) is 69.2 Å². The van der Waals surface area contributed by atoms with E-state index in [0.29, 0.717) is 12.5 Å². The first kappa shape index (κ1) is 17.8. The summed E-state index contributed by atoms with van der Waals surface area (Å²) in [6, 6.07) is 10.3. The van der Waals surface area contributed by atoms with Gasteiger partial charge in [-0.05, 0) is 24.1 Å². The molecule has 1 aliphatic rings. The molecule has 1 aromatic carbocycles. The molecule has 0 amide bonds. The number of aliphatic hydroxyl groups excluding tert-OH is 1. The standard InChI is InChI=1S/C21H25N5O/c1-25(2)21-23-10-15(11-24-21)12-26-13-17(20(27)14-26)9-16-7-8-22-19-6-4-3-5-18(16)19/h3-8,10-11,17,20,27H,9,12-14H2,1-2H3. The zero-order chi connectivity index (χ0) is 18.8. The number of para-hydroxylation sites is 1. The number of β-amino-alcohol motifs (C(OH)–C–C–N with tert-alkyl or cyclic N) is 1. The van der Waals surface area contributed by atoms with E-state index >= 15 is 0 Å². The Bertz CT molecular complexity index is 907. The van der Waals surface area contributed by atoms with Crippen molar-refractivity contribution in [1.82, 2.24) is 19.9 Å². The summed E-state index contributed by atoms with van der Waals surface area (Å²) in [5, 5.41) is 11.8. The number of rotatable bonds is 5. The number of hydrogen-bond donors (Lipinski definition) is 1. The lowest BCUT2D eigenvalue weighted by atomic mass is 9.94. The van der Waals surface area contributed by atoms with Gasteiger partial charge in [0.15, 0.2) is 0 Å². The Balaban J connectivity index is 1.43. The molecule has 3 aromatic rings. The van der Waals surface area contributed by atoms with Gasteiger partial charge in [-0.3, -0.25) is 9.88 Å². The molecule has 3 heterocycles. The minimum absolute atomic E-state index is 0.220. The third kappa shape index (κ3) is 3.91. The smallest absolute Gasteiger partial charge is 0.224 e. The maximum Gasteiger partial charge on any atom is 0.224 e. The van der Waals surface area contributed by atoms with Crippen molar-refractivity contribution in [3.63, 3.8) is 0 Å². The Morgan fingerprint density at radius 3 is 2.63 bits per heavy atom. The highest BCUT2D eigenvalue weighted by molar-refractivity contribution is 5.81. The molecule has 4 rings (SSSR count). The summed E-state index contributed by atoms with van der Waals surface area (Å²) in [6.45, 7) is 2.31. The maximum absolute atomic E-state index is 10.6. The molecule has 2 unspecified atom stereocenters. The number of aliphatic hydroxyl groups is 1. The number of benzene rings is 1. The zero-order valence-electron chi connectivity index (χ0n) is 15.8. The summed E-state index contributed by atoms with van der Waals surface area (Å²) in [5.74, 6) is 0.931. The monoisotopic (exact) mass is 363 g/mol. The summed E-state index contributed by atoms with van der Waals surface area (Å²) in [5.41, 5.74) is 3.34. The van der Waals surface area contributed by atoms with E-state index in [9.17, 15) is 5.11 Å². The van der Waals surface area contributed by atoms with Crippen LogP contribution in [-0.4, -0.2) is 58.2 Å². The van der Waals surface area contributed by atoms with Gasteiger partial charge in [0.2, 0.25) is 5.95 Å². The number of nitrogens with zero attached hydrogens (tertiary/aromatic N) is 5. The molecule has 2 aromatic heterocycles. The van der Waals surface area contributed by atoms with Crippen molar-refractivity contribution >= 4 is 16.9 Å². The molecule has 1 fully saturated rings. The second-order valence-electron chi connectivity index (χ2n) is 7.50. The van der Waals surface area contributed by atoms with Crippen molar-refractivity contribution in [2.45, 2.75) is 19.1 Å². The van der Waals surface area contributed by atoms with Gasteiger partial charge in [-0.15, -0.1) is 0 Å². The molecule has 0 radical (unpaired) electrons. The zero-order valence-corrected chi connectivity index (χ0v) is 15.8. The topological polar surface area (TPSA) is 65.4 Å². The minimum atomic E-state index is -0.320. The fraction of sp³-hybridized carbons (Fsp3) is 0.381. The van der Waals surface area contributed by atoms with Crippen LogP contribution in [0.5, 0.6) is 0 Å². The fourth-order valence-corrected chi connectivity index (χ4v) is 3.81. The molecular weight excluding hydrogens is 338 g/mol. The van der Waals surface area contributed by atoms with E-state index in [1.165, 1.54) is 10.9 Å². The predicted molar refractivity (Wildman–Crippen MR) is 107 cm³/mol. The average molecular weight is 363 g/mol. The Kier molecular flexibility index (Phi) is 5.01. The first-order valence-corrected chi connectivity index (χ1v) is 9.31. The average Bonchev–Trinajstić information content (AvgIpc) is 3.01. The summed E-state index contributed by atoms with van der Waals surface area (Å²) < 4.78 is 0. The predicted octanol–water partition coefficient (Wildman–Crippen LogP) is 2.13. The Morgan fingerprint density at radius 2 is 1.85 bits per heavy atom. The third-order valence-electron chi connectivity index (χ3n) is 5.20.